The van der Waals surface area contributed by atoms with E-state index in [1.54, 1.807) is 6.33 Å². The van der Waals surface area contributed by atoms with Crippen LogP contribution in [-0.4, -0.2) is 14.8 Å². The predicted molar refractivity (Wildman–Crippen MR) is 58.6 cm³/mol. The Morgan fingerprint density at radius 2 is 2.21 bits per heavy atom. The zero-order chi connectivity index (χ0) is 10.1. The monoisotopic (exact) mass is 252 g/mol. The number of hydrogen-bond acceptors (Lipinski definition) is 3. The lowest BCUT2D eigenvalue weighted by Crippen LogP contribution is -1.96. The standard InChI is InChI=1S/C9H9BrN4/c1-14-5-12-13-9(14)7-3-2-6(10)4-8(7)11/h2-5H,11H2,1H3. The molecule has 4 nitrogen and oxygen atoms in total. The van der Waals surface area contributed by atoms with Gasteiger partial charge >= 0.3 is 0 Å². The van der Waals surface area contributed by atoms with E-state index in [1.807, 2.05) is 29.8 Å². The summed E-state index contributed by atoms with van der Waals surface area (Å²) in [4.78, 5) is 0. The summed E-state index contributed by atoms with van der Waals surface area (Å²) in [5, 5.41) is 7.80. The number of nitrogens with two attached hydrogens (primary N) is 1. The van der Waals surface area contributed by atoms with Crippen LogP contribution in [0.2, 0.25) is 0 Å². The van der Waals surface area contributed by atoms with E-state index in [1.165, 1.54) is 0 Å². The first-order valence-electron chi connectivity index (χ1n) is 4.08. The minimum atomic E-state index is 0.690. The van der Waals surface area contributed by atoms with Crippen LogP contribution < -0.4 is 5.73 Å². The van der Waals surface area contributed by atoms with Gasteiger partial charge in [-0.1, -0.05) is 15.9 Å². The first-order valence-corrected chi connectivity index (χ1v) is 4.87. The molecule has 2 aromatic rings. The highest BCUT2D eigenvalue weighted by molar-refractivity contribution is 9.10. The van der Waals surface area contributed by atoms with Gasteiger partial charge in [-0.05, 0) is 18.2 Å². The fourth-order valence-electron chi connectivity index (χ4n) is 1.26. The normalized spacial score (nSPS) is 10.4. The Balaban J connectivity index is 2.58. The lowest BCUT2D eigenvalue weighted by atomic mass is 10.2. The number of halogens is 1. The Hall–Kier alpha value is -1.36. The van der Waals surface area contributed by atoms with Crippen LogP contribution in [0, 0.1) is 0 Å². The molecule has 2 rings (SSSR count). The molecule has 0 bridgehead atoms. The summed E-state index contributed by atoms with van der Waals surface area (Å²) in [6, 6.07) is 5.70. The fraction of sp³-hybridized carbons (Fsp3) is 0.111. The SMILES string of the molecule is Cn1cnnc1-c1ccc(Br)cc1N. The van der Waals surface area contributed by atoms with Crippen molar-refractivity contribution >= 4 is 21.6 Å². The van der Waals surface area contributed by atoms with Gasteiger partial charge in [0, 0.05) is 22.8 Å². The average molecular weight is 253 g/mol. The molecule has 1 aromatic heterocycles. The molecule has 0 aliphatic carbocycles. The van der Waals surface area contributed by atoms with E-state index in [0.29, 0.717) is 5.69 Å². The van der Waals surface area contributed by atoms with Crippen molar-refractivity contribution in [2.75, 3.05) is 5.73 Å². The molecule has 72 valence electrons. The quantitative estimate of drug-likeness (QED) is 0.789. The second-order valence-electron chi connectivity index (χ2n) is 3.00. The highest BCUT2D eigenvalue weighted by Gasteiger charge is 2.07. The van der Waals surface area contributed by atoms with Gasteiger partial charge in [-0.2, -0.15) is 0 Å². The number of nitrogen functional groups attached to an aromatic ring is 1. The van der Waals surface area contributed by atoms with Crippen molar-refractivity contribution in [3.8, 4) is 11.4 Å². The van der Waals surface area contributed by atoms with Gasteiger partial charge in [0.2, 0.25) is 0 Å². The number of aryl methyl sites for hydroxylation is 1. The van der Waals surface area contributed by atoms with Crippen molar-refractivity contribution in [2.45, 2.75) is 0 Å². The van der Waals surface area contributed by atoms with Gasteiger partial charge in [0.25, 0.3) is 0 Å². The predicted octanol–water partition coefficient (Wildman–Crippen LogP) is 1.83. The molecule has 0 amide bonds. The van der Waals surface area contributed by atoms with E-state index in [-0.39, 0.29) is 0 Å². The zero-order valence-corrected chi connectivity index (χ0v) is 9.19. The van der Waals surface area contributed by atoms with Gasteiger partial charge < -0.3 is 10.3 Å². The van der Waals surface area contributed by atoms with E-state index in [4.69, 9.17) is 5.73 Å². The van der Waals surface area contributed by atoms with E-state index in [2.05, 4.69) is 26.1 Å². The van der Waals surface area contributed by atoms with Crippen molar-refractivity contribution in [3.63, 3.8) is 0 Å². The van der Waals surface area contributed by atoms with E-state index in [0.717, 1.165) is 15.9 Å². The molecule has 0 aliphatic heterocycles. The molecular weight excluding hydrogens is 244 g/mol. The van der Waals surface area contributed by atoms with Gasteiger partial charge in [0.05, 0.1) is 0 Å². The van der Waals surface area contributed by atoms with Gasteiger partial charge in [-0.3, -0.25) is 0 Å². The minimum Gasteiger partial charge on any atom is -0.398 e. The van der Waals surface area contributed by atoms with Crippen LogP contribution in [0.15, 0.2) is 29.0 Å². The van der Waals surface area contributed by atoms with E-state index in [9.17, 15) is 0 Å². The van der Waals surface area contributed by atoms with Gasteiger partial charge in [-0.15, -0.1) is 10.2 Å². The van der Waals surface area contributed by atoms with Crippen LogP contribution in [-0.2, 0) is 7.05 Å². The molecule has 0 radical (unpaired) electrons. The largest absolute Gasteiger partial charge is 0.398 e. The Morgan fingerprint density at radius 3 is 2.79 bits per heavy atom. The smallest absolute Gasteiger partial charge is 0.165 e. The molecule has 1 aromatic carbocycles. The number of aromatic nitrogens is 3. The van der Waals surface area contributed by atoms with Crippen molar-refractivity contribution in [1.82, 2.24) is 14.8 Å². The van der Waals surface area contributed by atoms with Gasteiger partial charge in [-0.25, -0.2) is 0 Å². The number of anilines is 1. The third-order valence-electron chi connectivity index (χ3n) is 1.97. The summed E-state index contributed by atoms with van der Waals surface area (Å²) >= 11 is 3.36. The second-order valence-corrected chi connectivity index (χ2v) is 3.91. The Bertz CT molecular complexity index is 464. The maximum atomic E-state index is 5.87. The van der Waals surface area contributed by atoms with E-state index < -0.39 is 0 Å². The summed E-state index contributed by atoms with van der Waals surface area (Å²) in [6.07, 6.45) is 1.65. The first-order chi connectivity index (χ1) is 6.68. The molecule has 2 N–H and O–H groups in total. The maximum absolute atomic E-state index is 5.87. The van der Waals surface area contributed by atoms with Crippen LogP contribution >= 0.6 is 15.9 Å². The minimum absolute atomic E-state index is 0.690. The molecule has 14 heavy (non-hydrogen) atoms. The molecule has 0 fully saturated rings. The molecular formula is C9H9BrN4. The fourth-order valence-corrected chi connectivity index (χ4v) is 1.64. The third kappa shape index (κ3) is 1.50. The molecule has 0 unspecified atom stereocenters. The summed E-state index contributed by atoms with van der Waals surface area (Å²) in [6.45, 7) is 0. The molecule has 0 atom stereocenters. The van der Waals surface area contributed by atoms with Crippen LogP contribution in [0.25, 0.3) is 11.4 Å². The Kier molecular flexibility index (Phi) is 2.25. The number of hydrogen-bond donors (Lipinski definition) is 1. The highest BCUT2D eigenvalue weighted by atomic mass is 79.9. The summed E-state index contributed by atoms with van der Waals surface area (Å²) in [5.74, 6) is 0.773. The Morgan fingerprint density at radius 1 is 1.43 bits per heavy atom. The third-order valence-corrected chi connectivity index (χ3v) is 2.46. The highest BCUT2D eigenvalue weighted by Crippen LogP contribution is 2.26. The van der Waals surface area contributed by atoms with Crippen LogP contribution in [0.4, 0.5) is 5.69 Å². The number of benzene rings is 1. The van der Waals surface area contributed by atoms with Gasteiger partial charge in [0.15, 0.2) is 5.82 Å². The number of rotatable bonds is 1. The summed E-state index contributed by atoms with van der Waals surface area (Å²) in [7, 11) is 1.89. The van der Waals surface area contributed by atoms with Crippen LogP contribution in [0.3, 0.4) is 0 Å². The topological polar surface area (TPSA) is 56.7 Å². The van der Waals surface area contributed by atoms with Crippen molar-refractivity contribution < 1.29 is 0 Å². The molecule has 0 spiro atoms. The van der Waals surface area contributed by atoms with Crippen molar-refractivity contribution in [2.24, 2.45) is 7.05 Å². The van der Waals surface area contributed by atoms with Crippen molar-refractivity contribution in [3.05, 3.63) is 29.0 Å². The lowest BCUT2D eigenvalue weighted by Gasteiger charge is -2.04. The van der Waals surface area contributed by atoms with Crippen LogP contribution in [0.5, 0.6) is 0 Å². The molecule has 0 aliphatic rings. The summed E-state index contributed by atoms with van der Waals surface area (Å²) in [5.41, 5.74) is 7.46. The summed E-state index contributed by atoms with van der Waals surface area (Å²) < 4.78 is 2.79. The van der Waals surface area contributed by atoms with Gasteiger partial charge in [0.1, 0.15) is 6.33 Å². The van der Waals surface area contributed by atoms with E-state index >= 15 is 0 Å². The lowest BCUT2D eigenvalue weighted by molar-refractivity contribution is 0.920. The van der Waals surface area contributed by atoms with Crippen LogP contribution in [0.1, 0.15) is 0 Å². The zero-order valence-electron chi connectivity index (χ0n) is 7.61. The molecule has 0 saturated heterocycles. The second kappa shape index (κ2) is 3.42. The maximum Gasteiger partial charge on any atom is 0.165 e. The van der Waals surface area contributed by atoms with Crippen molar-refractivity contribution in [1.29, 1.82) is 0 Å². The molecule has 5 heteroatoms. The molecule has 1 heterocycles. The first kappa shape index (κ1) is 9.21. The average Bonchev–Trinajstić information content (AvgIpc) is 2.52. The Labute approximate surface area is 89.9 Å². The molecule has 0 saturated carbocycles. The number of nitrogens with zero attached hydrogens (tertiary/aromatic N) is 3.